The zero-order valence-electron chi connectivity index (χ0n) is 24.0. The summed E-state index contributed by atoms with van der Waals surface area (Å²) < 4.78 is 23.1. The van der Waals surface area contributed by atoms with Crippen LogP contribution in [0, 0.1) is 23.7 Å². The number of esters is 3. The molecule has 2 aliphatic heterocycles. The van der Waals surface area contributed by atoms with E-state index in [0.717, 1.165) is 18.4 Å². The normalized spacial score (nSPS) is 36.0. The first-order valence-corrected chi connectivity index (χ1v) is 14.3. The highest BCUT2D eigenvalue weighted by atomic mass is 16.6. The molecule has 0 radical (unpaired) electrons. The van der Waals surface area contributed by atoms with E-state index in [4.69, 9.17) is 18.9 Å². The number of carbonyl (C=O) groups excluding carboxylic acids is 3. The van der Waals surface area contributed by atoms with Gasteiger partial charge in [0.25, 0.3) is 0 Å². The Morgan fingerprint density at radius 3 is 2.51 bits per heavy atom. The molecule has 2 N–H and O–H groups in total. The Hall–Kier alpha value is -2.23. The molecule has 220 valence electrons. The van der Waals surface area contributed by atoms with Crippen molar-refractivity contribution in [2.75, 3.05) is 6.61 Å². The summed E-state index contributed by atoms with van der Waals surface area (Å²) in [7, 11) is 0. The molecule has 9 heteroatoms. The summed E-state index contributed by atoms with van der Waals surface area (Å²) >= 11 is 0. The van der Waals surface area contributed by atoms with Crippen LogP contribution in [0.2, 0.25) is 0 Å². The number of fused-ring (bicyclic) bond motifs is 5. The number of rotatable bonds is 9. The molecule has 0 amide bonds. The number of aliphatic hydroxyl groups is 2. The van der Waals surface area contributed by atoms with Gasteiger partial charge in [-0.25, -0.2) is 4.79 Å². The Bertz CT molecular complexity index is 941. The highest BCUT2D eigenvalue weighted by molar-refractivity contribution is 5.79. The molecule has 3 rings (SSSR count). The minimum Gasteiger partial charge on any atom is -0.466 e. The van der Waals surface area contributed by atoms with Crippen LogP contribution in [0.3, 0.4) is 0 Å². The lowest BCUT2D eigenvalue weighted by molar-refractivity contribution is -0.202. The van der Waals surface area contributed by atoms with Crippen molar-refractivity contribution in [3.05, 3.63) is 24.3 Å². The topological polar surface area (TPSA) is 129 Å². The Morgan fingerprint density at radius 2 is 1.90 bits per heavy atom. The maximum atomic E-state index is 13.2. The van der Waals surface area contributed by atoms with Crippen LogP contribution >= 0.6 is 0 Å². The van der Waals surface area contributed by atoms with Crippen LogP contribution in [-0.4, -0.2) is 70.8 Å². The molecule has 2 saturated heterocycles. The zero-order valence-corrected chi connectivity index (χ0v) is 24.0. The number of carbonyl (C=O) groups is 3. The van der Waals surface area contributed by atoms with E-state index < -0.39 is 42.0 Å². The van der Waals surface area contributed by atoms with Gasteiger partial charge in [-0.1, -0.05) is 39.5 Å². The van der Waals surface area contributed by atoms with Gasteiger partial charge in [-0.3, -0.25) is 9.59 Å². The van der Waals surface area contributed by atoms with Gasteiger partial charge in [0.15, 0.2) is 6.10 Å². The summed E-state index contributed by atoms with van der Waals surface area (Å²) in [4.78, 5) is 36.8. The van der Waals surface area contributed by atoms with Crippen LogP contribution in [0.5, 0.6) is 0 Å². The summed E-state index contributed by atoms with van der Waals surface area (Å²) in [5.41, 5.74) is -0.145. The lowest BCUT2D eigenvalue weighted by atomic mass is 9.60. The molecular formula is C30H46O9. The molecule has 10 unspecified atom stereocenters. The van der Waals surface area contributed by atoms with Gasteiger partial charge in [-0.2, -0.15) is 0 Å². The SMILES string of the molecule is C=C1CC2OC(C3C(C(C)COC(C)=O)CCC(=C)C23)C(C)(O)C(OC(=O)C(CC)OC(=O)CCC)CC1O. The summed E-state index contributed by atoms with van der Waals surface area (Å²) in [5.74, 6) is -1.85. The van der Waals surface area contributed by atoms with E-state index in [-0.39, 0.29) is 61.6 Å². The zero-order chi connectivity index (χ0) is 29.1. The molecule has 0 aromatic rings. The fraction of sp³-hybridized carbons (Fsp3) is 0.767. The third kappa shape index (κ3) is 6.92. The largest absolute Gasteiger partial charge is 0.466 e. The Balaban J connectivity index is 1.95. The lowest BCUT2D eigenvalue weighted by Gasteiger charge is -2.46. The second-order valence-electron chi connectivity index (χ2n) is 11.7. The van der Waals surface area contributed by atoms with Gasteiger partial charge in [-0.05, 0) is 56.4 Å². The molecule has 1 aliphatic carbocycles. The molecule has 3 aliphatic rings. The van der Waals surface area contributed by atoms with Crippen molar-refractivity contribution < 1.29 is 43.5 Å². The number of hydrogen-bond donors (Lipinski definition) is 2. The molecule has 9 nitrogen and oxygen atoms in total. The van der Waals surface area contributed by atoms with E-state index in [1.54, 1.807) is 13.8 Å². The van der Waals surface area contributed by atoms with Gasteiger partial charge < -0.3 is 29.2 Å². The second kappa shape index (κ2) is 13.0. The summed E-state index contributed by atoms with van der Waals surface area (Å²) in [5, 5.41) is 23.1. The monoisotopic (exact) mass is 550 g/mol. The Labute approximate surface area is 231 Å². The van der Waals surface area contributed by atoms with Crippen molar-refractivity contribution in [3.8, 4) is 0 Å². The van der Waals surface area contributed by atoms with E-state index in [0.29, 0.717) is 18.4 Å². The number of ether oxygens (including phenoxy) is 4. The molecule has 10 atom stereocenters. The standard InChI is InChI=1S/C30H46O9/c1-8-10-25(33)37-22(9-2)29(34)39-24-14-21(32)17(4)13-23-26-16(3)11-12-20(18(5)15-36-19(6)31)27(26)28(38-23)30(24,7)35/h18,20-24,26-28,32,35H,3-4,8-15H2,1-2,5-7H3. The average molecular weight is 551 g/mol. The molecule has 3 fully saturated rings. The number of hydrogen-bond acceptors (Lipinski definition) is 9. The number of aliphatic hydroxyl groups excluding tert-OH is 1. The van der Waals surface area contributed by atoms with Crippen molar-refractivity contribution in [3.63, 3.8) is 0 Å². The van der Waals surface area contributed by atoms with Crippen LogP contribution in [0.1, 0.15) is 79.6 Å². The molecule has 0 spiro atoms. The van der Waals surface area contributed by atoms with Crippen LogP contribution in [0.15, 0.2) is 24.3 Å². The van der Waals surface area contributed by atoms with Crippen molar-refractivity contribution in [2.24, 2.45) is 23.7 Å². The predicted molar refractivity (Wildman–Crippen MR) is 143 cm³/mol. The Morgan fingerprint density at radius 1 is 1.21 bits per heavy atom. The molecule has 1 saturated carbocycles. The van der Waals surface area contributed by atoms with E-state index >= 15 is 0 Å². The Kier molecular flexibility index (Phi) is 10.4. The van der Waals surface area contributed by atoms with E-state index in [9.17, 15) is 24.6 Å². The van der Waals surface area contributed by atoms with Crippen molar-refractivity contribution in [1.82, 2.24) is 0 Å². The molecular weight excluding hydrogens is 504 g/mol. The smallest absolute Gasteiger partial charge is 0.347 e. The van der Waals surface area contributed by atoms with Crippen LogP contribution in [0.25, 0.3) is 0 Å². The molecule has 2 bridgehead atoms. The summed E-state index contributed by atoms with van der Waals surface area (Å²) in [6.07, 6.45) is -1.55. The van der Waals surface area contributed by atoms with Crippen molar-refractivity contribution in [1.29, 1.82) is 0 Å². The third-order valence-corrected chi connectivity index (χ3v) is 8.75. The van der Waals surface area contributed by atoms with Gasteiger partial charge in [0.2, 0.25) is 0 Å². The van der Waals surface area contributed by atoms with Crippen molar-refractivity contribution >= 4 is 17.9 Å². The summed E-state index contributed by atoms with van der Waals surface area (Å²) in [6.45, 7) is 17.2. The first-order valence-electron chi connectivity index (χ1n) is 14.3. The van der Waals surface area contributed by atoms with Gasteiger partial charge in [0.1, 0.15) is 11.7 Å². The fourth-order valence-electron chi connectivity index (χ4n) is 6.56. The minimum absolute atomic E-state index is 0.00432. The van der Waals surface area contributed by atoms with E-state index in [2.05, 4.69) is 13.2 Å². The fourth-order valence-corrected chi connectivity index (χ4v) is 6.56. The predicted octanol–water partition coefficient (Wildman–Crippen LogP) is 3.65. The second-order valence-corrected chi connectivity index (χ2v) is 11.7. The summed E-state index contributed by atoms with van der Waals surface area (Å²) in [6, 6.07) is 0. The molecule has 39 heavy (non-hydrogen) atoms. The quantitative estimate of drug-likeness (QED) is 0.251. The minimum atomic E-state index is -1.69. The van der Waals surface area contributed by atoms with E-state index in [1.807, 2.05) is 13.8 Å². The molecule has 2 heterocycles. The first kappa shape index (κ1) is 31.3. The van der Waals surface area contributed by atoms with Gasteiger partial charge >= 0.3 is 17.9 Å². The maximum Gasteiger partial charge on any atom is 0.347 e. The van der Waals surface area contributed by atoms with Gasteiger partial charge in [-0.15, -0.1) is 0 Å². The van der Waals surface area contributed by atoms with Crippen molar-refractivity contribution in [2.45, 2.75) is 116 Å². The molecule has 0 aromatic carbocycles. The maximum absolute atomic E-state index is 13.2. The van der Waals surface area contributed by atoms with Crippen LogP contribution in [-0.2, 0) is 33.3 Å². The van der Waals surface area contributed by atoms with Gasteiger partial charge in [0.05, 0.1) is 24.9 Å². The lowest BCUT2D eigenvalue weighted by Crippen LogP contribution is -2.57. The average Bonchev–Trinajstić information content (AvgIpc) is 3.26. The third-order valence-electron chi connectivity index (χ3n) is 8.75. The molecule has 0 aromatic heterocycles. The highest BCUT2D eigenvalue weighted by Crippen LogP contribution is 2.55. The van der Waals surface area contributed by atoms with Crippen LogP contribution < -0.4 is 0 Å². The first-order chi connectivity index (χ1) is 18.3. The van der Waals surface area contributed by atoms with E-state index in [1.165, 1.54) is 6.92 Å². The van der Waals surface area contributed by atoms with Crippen LogP contribution in [0.4, 0.5) is 0 Å². The van der Waals surface area contributed by atoms with Gasteiger partial charge in [0, 0.05) is 31.6 Å². The highest BCUT2D eigenvalue weighted by Gasteiger charge is 2.60.